The van der Waals surface area contributed by atoms with Gasteiger partial charge in [-0.25, -0.2) is 8.42 Å². The molecule has 1 amide bonds. The first-order valence-electron chi connectivity index (χ1n) is 7.01. The number of sulfonamides is 1. The van der Waals surface area contributed by atoms with Gasteiger partial charge in [0.15, 0.2) is 11.5 Å². The lowest BCUT2D eigenvalue weighted by molar-refractivity contribution is -0.121. The van der Waals surface area contributed by atoms with Crippen molar-refractivity contribution in [3.63, 3.8) is 0 Å². The molecule has 0 aliphatic carbocycles. The molecule has 1 atom stereocenters. The van der Waals surface area contributed by atoms with E-state index in [1.165, 1.54) is 0 Å². The summed E-state index contributed by atoms with van der Waals surface area (Å²) in [6.07, 6.45) is 1.07. The van der Waals surface area contributed by atoms with Crippen LogP contribution in [0.15, 0.2) is 18.2 Å². The fourth-order valence-corrected chi connectivity index (χ4v) is 3.47. The van der Waals surface area contributed by atoms with Crippen LogP contribution < -0.4 is 19.1 Å². The smallest absolute Gasteiger partial charge is 0.243 e. The Balaban J connectivity index is 2.40. The van der Waals surface area contributed by atoms with Crippen molar-refractivity contribution in [3.05, 3.63) is 18.2 Å². The molecule has 22 heavy (non-hydrogen) atoms. The van der Waals surface area contributed by atoms with Crippen molar-refractivity contribution in [1.29, 1.82) is 0 Å². The average Bonchev–Trinajstić information content (AvgIpc) is 2.46. The molecule has 1 aromatic carbocycles. The number of hydrogen-bond acceptors (Lipinski definition) is 5. The number of benzene rings is 1. The average molecular weight is 328 g/mol. The molecule has 1 N–H and O–H groups in total. The number of hydrogen-bond donors (Lipinski definition) is 1. The number of carbonyl (C=O) groups is 1. The molecule has 0 radical (unpaired) electrons. The monoisotopic (exact) mass is 328 g/mol. The molecule has 1 heterocycles. The van der Waals surface area contributed by atoms with Crippen LogP contribution in [0.25, 0.3) is 0 Å². The number of ether oxygens (including phenoxy) is 2. The van der Waals surface area contributed by atoms with E-state index in [1.807, 2.05) is 0 Å². The molecule has 0 aromatic heterocycles. The van der Waals surface area contributed by atoms with E-state index < -0.39 is 16.1 Å². The Bertz CT molecular complexity index is 659. The zero-order chi connectivity index (χ0) is 16.3. The van der Waals surface area contributed by atoms with E-state index in [1.54, 1.807) is 32.0 Å². The zero-order valence-corrected chi connectivity index (χ0v) is 13.6. The van der Waals surface area contributed by atoms with Gasteiger partial charge in [-0.15, -0.1) is 0 Å². The Labute approximate surface area is 130 Å². The Morgan fingerprint density at radius 1 is 1.32 bits per heavy atom. The van der Waals surface area contributed by atoms with Gasteiger partial charge in [0, 0.05) is 12.6 Å². The van der Waals surface area contributed by atoms with E-state index in [-0.39, 0.29) is 5.91 Å². The minimum absolute atomic E-state index is 0.359. The van der Waals surface area contributed by atoms with Gasteiger partial charge >= 0.3 is 0 Å². The molecule has 0 saturated carbocycles. The summed E-state index contributed by atoms with van der Waals surface area (Å²) in [6.45, 7) is 4.61. The van der Waals surface area contributed by atoms with Gasteiger partial charge in [0.25, 0.3) is 0 Å². The Hall–Kier alpha value is -1.96. The lowest BCUT2D eigenvalue weighted by Crippen LogP contribution is -2.47. The van der Waals surface area contributed by atoms with E-state index in [0.29, 0.717) is 36.9 Å². The number of likely N-dealkylation sites (N-methyl/N-ethyl adjacent to an activating group) is 1. The fourth-order valence-electron chi connectivity index (χ4n) is 2.30. The molecule has 0 spiro atoms. The van der Waals surface area contributed by atoms with Gasteiger partial charge < -0.3 is 14.8 Å². The predicted octanol–water partition coefficient (Wildman–Crippen LogP) is 0.748. The third-order valence-electron chi connectivity index (χ3n) is 3.22. The van der Waals surface area contributed by atoms with Crippen molar-refractivity contribution in [2.24, 2.45) is 0 Å². The van der Waals surface area contributed by atoms with Crippen LogP contribution in [0, 0.1) is 0 Å². The lowest BCUT2D eigenvalue weighted by Gasteiger charge is -2.29. The summed E-state index contributed by atoms with van der Waals surface area (Å²) in [6, 6.07) is 3.96. The molecular formula is C14H20N2O5S. The predicted molar refractivity (Wildman–Crippen MR) is 82.9 cm³/mol. The number of rotatable bonds is 5. The molecule has 0 unspecified atom stereocenters. The second-order valence-corrected chi connectivity index (χ2v) is 6.82. The first-order chi connectivity index (χ1) is 10.3. The van der Waals surface area contributed by atoms with Crippen LogP contribution in [0.1, 0.15) is 13.8 Å². The van der Waals surface area contributed by atoms with Crippen LogP contribution in [0.5, 0.6) is 11.5 Å². The van der Waals surface area contributed by atoms with E-state index in [4.69, 9.17) is 9.47 Å². The maximum atomic E-state index is 12.1. The summed E-state index contributed by atoms with van der Waals surface area (Å²) in [5.74, 6) is 0.678. The summed E-state index contributed by atoms with van der Waals surface area (Å²) in [5.41, 5.74) is 0.366. The van der Waals surface area contributed by atoms with E-state index >= 15 is 0 Å². The van der Waals surface area contributed by atoms with Gasteiger partial charge in [0.1, 0.15) is 19.3 Å². The number of fused-ring (bicyclic) bond motifs is 1. The molecule has 1 aromatic rings. The number of nitrogens with zero attached hydrogens (tertiary/aromatic N) is 1. The highest BCUT2D eigenvalue weighted by atomic mass is 32.2. The van der Waals surface area contributed by atoms with Crippen molar-refractivity contribution in [2.45, 2.75) is 19.9 Å². The summed E-state index contributed by atoms with van der Waals surface area (Å²) in [4.78, 5) is 12.0. The van der Waals surface area contributed by atoms with Crippen LogP contribution in [0.3, 0.4) is 0 Å². The molecule has 0 bridgehead atoms. The third-order valence-corrected chi connectivity index (χ3v) is 4.46. The van der Waals surface area contributed by atoms with Crippen molar-refractivity contribution >= 4 is 21.6 Å². The second kappa shape index (κ2) is 6.43. The molecule has 7 nitrogen and oxygen atoms in total. The number of amides is 1. The molecule has 122 valence electrons. The van der Waals surface area contributed by atoms with Gasteiger partial charge in [-0.3, -0.25) is 9.10 Å². The third kappa shape index (κ3) is 3.44. The largest absolute Gasteiger partial charge is 0.486 e. The van der Waals surface area contributed by atoms with Crippen molar-refractivity contribution in [1.82, 2.24) is 5.32 Å². The van der Waals surface area contributed by atoms with E-state index in [0.717, 1.165) is 10.6 Å². The van der Waals surface area contributed by atoms with Gasteiger partial charge in [-0.2, -0.15) is 0 Å². The van der Waals surface area contributed by atoms with Gasteiger partial charge in [-0.05, 0) is 26.0 Å². The molecule has 2 rings (SSSR count). The highest BCUT2D eigenvalue weighted by Gasteiger charge is 2.29. The normalized spacial score (nSPS) is 15.0. The highest BCUT2D eigenvalue weighted by molar-refractivity contribution is 7.92. The summed E-state index contributed by atoms with van der Waals surface area (Å²) in [7, 11) is -3.63. The fraction of sp³-hybridized carbons (Fsp3) is 0.500. The maximum absolute atomic E-state index is 12.1. The topological polar surface area (TPSA) is 84.9 Å². The standard InChI is InChI=1S/C14H20N2O5S/c1-4-15-14(17)10(2)16(22(3,18)19)11-5-6-12-13(9-11)21-8-7-20-12/h5-6,9-10H,4,7-8H2,1-3H3,(H,15,17)/t10-/m1/s1. The van der Waals surface area contributed by atoms with Gasteiger partial charge in [0.2, 0.25) is 15.9 Å². The molecule has 8 heteroatoms. The number of nitrogens with one attached hydrogen (secondary N) is 1. The second-order valence-electron chi connectivity index (χ2n) is 4.96. The van der Waals surface area contributed by atoms with E-state index in [9.17, 15) is 13.2 Å². The Morgan fingerprint density at radius 2 is 1.95 bits per heavy atom. The lowest BCUT2D eigenvalue weighted by atomic mass is 10.2. The van der Waals surface area contributed by atoms with Gasteiger partial charge in [0.05, 0.1) is 11.9 Å². The van der Waals surface area contributed by atoms with Crippen LogP contribution in [-0.4, -0.2) is 46.4 Å². The SMILES string of the molecule is CCNC(=O)[C@@H](C)N(c1ccc2c(c1)OCCO2)S(C)(=O)=O. The molecule has 0 fully saturated rings. The quantitative estimate of drug-likeness (QED) is 0.862. The Morgan fingerprint density at radius 3 is 2.55 bits per heavy atom. The highest BCUT2D eigenvalue weighted by Crippen LogP contribution is 2.35. The van der Waals surface area contributed by atoms with Crippen molar-refractivity contribution < 1.29 is 22.7 Å². The molecule has 1 aliphatic rings. The van der Waals surface area contributed by atoms with Crippen LogP contribution >= 0.6 is 0 Å². The molecule has 0 saturated heterocycles. The number of anilines is 1. The Kier molecular flexibility index (Phi) is 4.80. The molecule has 1 aliphatic heterocycles. The first kappa shape index (κ1) is 16.4. The van der Waals surface area contributed by atoms with Gasteiger partial charge in [-0.1, -0.05) is 0 Å². The van der Waals surface area contributed by atoms with Crippen LogP contribution in [0.2, 0.25) is 0 Å². The van der Waals surface area contributed by atoms with E-state index in [2.05, 4.69) is 5.32 Å². The molecular weight excluding hydrogens is 308 g/mol. The zero-order valence-electron chi connectivity index (χ0n) is 12.8. The van der Waals surface area contributed by atoms with Crippen molar-refractivity contribution in [2.75, 3.05) is 30.3 Å². The maximum Gasteiger partial charge on any atom is 0.243 e. The van der Waals surface area contributed by atoms with Crippen molar-refractivity contribution in [3.8, 4) is 11.5 Å². The van der Waals surface area contributed by atoms with Crippen LogP contribution in [-0.2, 0) is 14.8 Å². The summed E-state index contributed by atoms with van der Waals surface area (Å²) >= 11 is 0. The number of carbonyl (C=O) groups excluding carboxylic acids is 1. The minimum Gasteiger partial charge on any atom is -0.486 e. The summed E-state index contributed by atoms with van der Waals surface area (Å²) in [5, 5.41) is 2.63. The minimum atomic E-state index is -3.63. The van der Waals surface area contributed by atoms with Crippen LogP contribution in [0.4, 0.5) is 5.69 Å². The summed E-state index contributed by atoms with van der Waals surface area (Å²) < 4.78 is 36.2. The first-order valence-corrected chi connectivity index (χ1v) is 8.86.